The lowest BCUT2D eigenvalue weighted by Gasteiger charge is -2.13. The third kappa shape index (κ3) is 2.82. The Morgan fingerprint density at radius 2 is 1.85 bits per heavy atom. The maximum atomic E-state index is 9.71. The van der Waals surface area contributed by atoms with Gasteiger partial charge < -0.3 is 5.11 Å². The zero-order valence-corrected chi connectivity index (χ0v) is 9.58. The summed E-state index contributed by atoms with van der Waals surface area (Å²) >= 11 is 3.36. The van der Waals surface area contributed by atoms with E-state index in [1.807, 2.05) is 19.1 Å². The number of aliphatic hydroxyl groups is 1. The fourth-order valence-corrected chi connectivity index (χ4v) is 1.52. The van der Waals surface area contributed by atoms with Crippen molar-refractivity contribution in [3.05, 3.63) is 35.4 Å². The first-order valence-electron chi connectivity index (χ1n) is 4.56. The van der Waals surface area contributed by atoms with Crippen LogP contribution in [0, 0.1) is 0 Å². The third-order valence-corrected chi connectivity index (χ3v) is 2.67. The van der Waals surface area contributed by atoms with Gasteiger partial charge >= 0.3 is 0 Å². The van der Waals surface area contributed by atoms with E-state index in [1.54, 1.807) is 0 Å². The zero-order chi connectivity index (χ0) is 9.84. The lowest BCUT2D eigenvalue weighted by atomic mass is 10.0. The van der Waals surface area contributed by atoms with Crippen molar-refractivity contribution in [1.29, 1.82) is 0 Å². The highest BCUT2D eigenvalue weighted by atomic mass is 79.9. The topological polar surface area (TPSA) is 20.2 Å². The maximum absolute atomic E-state index is 9.71. The summed E-state index contributed by atoms with van der Waals surface area (Å²) in [7, 11) is 0. The van der Waals surface area contributed by atoms with Gasteiger partial charge in [-0.25, -0.2) is 0 Å². The van der Waals surface area contributed by atoms with E-state index in [4.69, 9.17) is 0 Å². The van der Waals surface area contributed by atoms with Crippen molar-refractivity contribution in [3.8, 4) is 0 Å². The molecule has 2 unspecified atom stereocenters. The minimum absolute atomic E-state index is 0.0972. The highest BCUT2D eigenvalue weighted by Crippen LogP contribution is 2.22. The normalized spacial score (nSPS) is 15.4. The van der Waals surface area contributed by atoms with Gasteiger partial charge in [-0.3, -0.25) is 0 Å². The average Bonchev–Trinajstić information content (AvgIpc) is 2.17. The Bertz CT molecular complexity index is 253. The summed E-state index contributed by atoms with van der Waals surface area (Å²) in [6.45, 7) is 4.07. The molecule has 1 nitrogen and oxygen atoms in total. The standard InChI is InChI=1S/C11H15BrO/c1-3-9-4-6-10(7-5-9)11(13)8(2)12/h4-8,11,13H,3H2,1-2H3. The van der Waals surface area contributed by atoms with Gasteiger partial charge in [-0.05, 0) is 24.5 Å². The summed E-state index contributed by atoms with van der Waals surface area (Å²) in [6, 6.07) is 8.10. The summed E-state index contributed by atoms with van der Waals surface area (Å²) < 4.78 is 0. The molecule has 0 amide bonds. The highest BCUT2D eigenvalue weighted by molar-refractivity contribution is 9.09. The van der Waals surface area contributed by atoms with Gasteiger partial charge in [-0.2, -0.15) is 0 Å². The molecule has 0 fully saturated rings. The van der Waals surface area contributed by atoms with Crippen molar-refractivity contribution in [2.75, 3.05) is 0 Å². The van der Waals surface area contributed by atoms with Gasteiger partial charge in [0.25, 0.3) is 0 Å². The van der Waals surface area contributed by atoms with E-state index in [1.165, 1.54) is 5.56 Å². The van der Waals surface area contributed by atoms with Gasteiger partial charge in [-0.15, -0.1) is 0 Å². The summed E-state index contributed by atoms with van der Waals surface area (Å²) in [5.41, 5.74) is 2.28. The van der Waals surface area contributed by atoms with Gasteiger partial charge in [0, 0.05) is 4.83 Å². The van der Waals surface area contributed by atoms with E-state index in [9.17, 15) is 5.11 Å². The van der Waals surface area contributed by atoms with Crippen LogP contribution in [0.15, 0.2) is 24.3 Å². The number of rotatable bonds is 3. The largest absolute Gasteiger partial charge is 0.387 e. The molecule has 1 rings (SSSR count). The number of halogens is 1. The number of hydrogen-bond acceptors (Lipinski definition) is 1. The minimum Gasteiger partial charge on any atom is -0.387 e. The van der Waals surface area contributed by atoms with Crippen molar-refractivity contribution < 1.29 is 5.11 Å². The first-order valence-corrected chi connectivity index (χ1v) is 5.47. The molecule has 0 saturated carbocycles. The van der Waals surface area contributed by atoms with Crippen LogP contribution in [0.25, 0.3) is 0 Å². The predicted octanol–water partition coefficient (Wildman–Crippen LogP) is 3.07. The highest BCUT2D eigenvalue weighted by Gasteiger charge is 2.12. The van der Waals surface area contributed by atoms with Crippen LogP contribution in [0.4, 0.5) is 0 Å². The van der Waals surface area contributed by atoms with E-state index >= 15 is 0 Å². The first-order chi connectivity index (χ1) is 6.15. The average molecular weight is 243 g/mol. The van der Waals surface area contributed by atoms with Crippen molar-refractivity contribution in [2.24, 2.45) is 0 Å². The van der Waals surface area contributed by atoms with E-state index < -0.39 is 6.10 Å². The molecule has 1 aromatic rings. The Morgan fingerprint density at radius 3 is 2.23 bits per heavy atom. The molecule has 0 aromatic heterocycles. The monoisotopic (exact) mass is 242 g/mol. The van der Waals surface area contributed by atoms with Gasteiger partial charge in [0.1, 0.15) is 0 Å². The third-order valence-electron chi connectivity index (χ3n) is 2.16. The van der Waals surface area contributed by atoms with Crippen molar-refractivity contribution in [1.82, 2.24) is 0 Å². The molecule has 0 bridgehead atoms. The molecule has 2 heteroatoms. The molecule has 2 atom stereocenters. The van der Waals surface area contributed by atoms with Crippen LogP contribution in [0.1, 0.15) is 31.1 Å². The molecule has 0 aliphatic heterocycles. The Labute approximate surface area is 87.9 Å². The molecule has 0 spiro atoms. The maximum Gasteiger partial charge on any atom is 0.0912 e. The predicted molar refractivity (Wildman–Crippen MR) is 59.2 cm³/mol. The molecule has 1 N–H and O–H groups in total. The van der Waals surface area contributed by atoms with Gasteiger partial charge in [0.05, 0.1) is 6.10 Å². The summed E-state index contributed by atoms with van der Waals surface area (Å²) in [6.07, 6.45) is 0.631. The number of aliphatic hydroxyl groups excluding tert-OH is 1. The van der Waals surface area contributed by atoms with Gasteiger partial charge in [0.15, 0.2) is 0 Å². The minimum atomic E-state index is -0.411. The van der Waals surface area contributed by atoms with Crippen LogP contribution in [0.5, 0.6) is 0 Å². The molecule has 0 heterocycles. The number of aryl methyl sites for hydroxylation is 1. The molecule has 0 radical (unpaired) electrons. The summed E-state index contributed by atoms with van der Waals surface area (Å²) in [5.74, 6) is 0. The van der Waals surface area contributed by atoms with Crippen LogP contribution >= 0.6 is 15.9 Å². The summed E-state index contributed by atoms with van der Waals surface area (Å²) in [5, 5.41) is 9.71. The van der Waals surface area contributed by atoms with Crippen LogP contribution < -0.4 is 0 Å². The Morgan fingerprint density at radius 1 is 1.31 bits per heavy atom. The molecular weight excluding hydrogens is 228 g/mol. The molecule has 0 aliphatic carbocycles. The van der Waals surface area contributed by atoms with Crippen molar-refractivity contribution in [3.63, 3.8) is 0 Å². The second-order valence-electron chi connectivity index (χ2n) is 3.22. The Hall–Kier alpha value is -0.340. The molecule has 0 saturated heterocycles. The van der Waals surface area contributed by atoms with Gasteiger partial charge in [-0.1, -0.05) is 47.1 Å². The van der Waals surface area contributed by atoms with Crippen LogP contribution in [0.2, 0.25) is 0 Å². The van der Waals surface area contributed by atoms with Crippen molar-refractivity contribution in [2.45, 2.75) is 31.2 Å². The number of benzene rings is 1. The van der Waals surface area contributed by atoms with Crippen LogP contribution in [0.3, 0.4) is 0 Å². The SMILES string of the molecule is CCc1ccc(C(O)C(C)Br)cc1. The zero-order valence-electron chi connectivity index (χ0n) is 8.00. The second kappa shape index (κ2) is 4.77. The molecule has 0 aliphatic rings. The Kier molecular flexibility index (Phi) is 3.94. The fraction of sp³-hybridized carbons (Fsp3) is 0.455. The molecule has 72 valence electrons. The molecule has 13 heavy (non-hydrogen) atoms. The first kappa shape index (κ1) is 10.7. The molecular formula is C11H15BrO. The summed E-state index contributed by atoms with van der Waals surface area (Å²) in [4.78, 5) is 0.0972. The van der Waals surface area contributed by atoms with Crippen molar-refractivity contribution >= 4 is 15.9 Å². The van der Waals surface area contributed by atoms with E-state index in [-0.39, 0.29) is 4.83 Å². The fourth-order valence-electron chi connectivity index (χ4n) is 1.22. The van der Waals surface area contributed by atoms with E-state index in [0.717, 1.165) is 12.0 Å². The second-order valence-corrected chi connectivity index (χ2v) is 4.66. The lowest BCUT2D eigenvalue weighted by molar-refractivity contribution is 0.181. The molecule has 1 aromatic carbocycles. The smallest absolute Gasteiger partial charge is 0.0912 e. The lowest BCUT2D eigenvalue weighted by Crippen LogP contribution is -2.07. The van der Waals surface area contributed by atoms with E-state index in [0.29, 0.717) is 0 Å². The van der Waals surface area contributed by atoms with Gasteiger partial charge in [0.2, 0.25) is 0 Å². The Balaban J connectivity index is 2.79. The number of hydrogen-bond donors (Lipinski definition) is 1. The van der Waals surface area contributed by atoms with Crippen LogP contribution in [-0.2, 0) is 6.42 Å². The number of alkyl halides is 1. The quantitative estimate of drug-likeness (QED) is 0.809. The van der Waals surface area contributed by atoms with E-state index in [2.05, 4.69) is 35.0 Å². The van der Waals surface area contributed by atoms with Crippen LogP contribution in [-0.4, -0.2) is 9.93 Å².